The van der Waals surface area contributed by atoms with Gasteiger partial charge in [0.15, 0.2) is 15.7 Å². The molecule has 0 bridgehead atoms. The molecule has 1 fully saturated rings. The van der Waals surface area contributed by atoms with Gasteiger partial charge in [-0.25, -0.2) is 18.1 Å². The molecule has 122 valence electrons. The van der Waals surface area contributed by atoms with E-state index in [2.05, 4.69) is 10.1 Å². The molecule has 7 nitrogen and oxygen atoms in total. The second-order valence-corrected chi connectivity index (χ2v) is 7.95. The maximum Gasteiger partial charge on any atom is 0.257 e. The van der Waals surface area contributed by atoms with Gasteiger partial charge in [0.1, 0.15) is 0 Å². The van der Waals surface area contributed by atoms with Crippen molar-refractivity contribution in [3.05, 3.63) is 41.9 Å². The first-order valence-electron chi connectivity index (χ1n) is 7.32. The molecule has 3 rings (SSSR count). The quantitative estimate of drug-likeness (QED) is 0.830. The fourth-order valence-electron chi connectivity index (χ4n) is 2.77. The molecule has 0 saturated carbocycles. The molecule has 1 aliphatic rings. The molecular formula is C15H18N4O3S. The minimum atomic E-state index is -3.03. The van der Waals surface area contributed by atoms with Crippen molar-refractivity contribution in [1.29, 1.82) is 0 Å². The van der Waals surface area contributed by atoms with E-state index in [4.69, 9.17) is 0 Å². The molecule has 0 spiro atoms. The van der Waals surface area contributed by atoms with E-state index in [0.717, 1.165) is 0 Å². The van der Waals surface area contributed by atoms with E-state index in [1.165, 1.54) is 11.1 Å². The third-order valence-corrected chi connectivity index (χ3v) is 5.93. The van der Waals surface area contributed by atoms with Gasteiger partial charge >= 0.3 is 0 Å². The molecule has 2 aromatic rings. The molecule has 8 heteroatoms. The summed E-state index contributed by atoms with van der Waals surface area (Å²) >= 11 is 0. The van der Waals surface area contributed by atoms with Gasteiger partial charge in [-0.3, -0.25) is 4.79 Å². The van der Waals surface area contributed by atoms with Crippen LogP contribution >= 0.6 is 0 Å². The van der Waals surface area contributed by atoms with E-state index < -0.39 is 9.84 Å². The molecule has 23 heavy (non-hydrogen) atoms. The Kier molecular flexibility index (Phi) is 3.93. The lowest BCUT2D eigenvalue weighted by molar-refractivity contribution is 0.0747. The number of pyridine rings is 1. The second-order valence-electron chi connectivity index (χ2n) is 5.72. The Balaban J connectivity index is 1.85. The van der Waals surface area contributed by atoms with Crippen molar-refractivity contribution in [2.24, 2.45) is 0 Å². The second kappa shape index (κ2) is 5.77. The molecular weight excluding hydrogens is 316 g/mol. The molecule has 3 heterocycles. The van der Waals surface area contributed by atoms with Crippen LogP contribution in [0.3, 0.4) is 0 Å². The molecule has 0 N–H and O–H groups in total. The average Bonchev–Trinajstić information content (AvgIpc) is 3.09. The van der Waals surface area contributed by atoms with Crippen LogP contribution in [0.25, 0.3) is 5.82 Å². The zero-order valence-electron chi connectivity index (χ0n) is 13.0. The number of carbonyl (C=O) groups excluding carboxylic acids is 1. The monoisotopic (exact) mass is 334 g/mol. The third kappa shape index (κ3) is 2.98. The minimum Gasteiger partial charge on any atom is -0.338 e. The van der Waals surface area contributed by atoms with Crippen molar-refractivity contribution in [2.75, 3.05) is 18.6 Å². The standard InChI is InChI=1S/C15H18N4O3S/c1-11-13(9-17-19(11)14-5-3-4-7-16-14)15(20)18(2)12-6-8-23(21,22)10-12/h3-5,7,9,12H,6,8,10H2,1-2H3/t12-/m0/s1. The number of aromatic nitrogens is 3. The first-order chi connectivity index (χ1) is 10.9. The van der Waals surface area contributed by atoms with Gasteiger partial charge in [0.05, 0.1) is 29.0 Å². The lowest BCUT2D eigenvalue weighted by atomic mass is 10.2. The van der Waals surface area contributed by atoms with Crippen molar-refractivity contribution < 1.29 is 13.2 Å². The van der Waals surface area contributed by atoms with Crippen molar-refractivity contribution >= 4 is 15.7 Å². The van der Waals surface area contributed by atoms with Crippen LogP contribution in [-0.2, 0) is 9.84 Å². The van der Waals surface area contributed by atoms with E-state index in [9.17, 15) is 13.2 Å². The summed E-state index contributed by atoms with van der Waals surface area (Å²) in [4.78, 5) is 18.4. The normalized spacial score (nSPS) is 19.7. The van der Waals surface area contributed by atoms with Crippen LogP contribution in [-0.4, -0.2) is 58.6 Å². The van der Waals surface area contributed by atoms with Crippen LogP contribution in [0.4, 0.5) is 0 Å². The highest BCUT2D eigenvalue weighted by atomic mass is 32.2. The highest BCUT2D eigenvalue weighted by molar-refractivity contribution is 7.91. The zero-order chi connectivity index (χ0) is 16.6. The molecule has 0 aliphatic carbocycles. The first-order valence-corrected chi connectivity index (χ1v) is 9.15. The number of amides is 1. The zero-order valence-corrected chi connectivity index (χ0v) is 13.8. The molecule has 1 amide bonds. The van der Waals surface area contributed by atoms with E-state index in [1.807, 2.05) is 18.2 Å². The Labute approximate surface area is 134 Å². The minimum absolute atomic E-state index is 0.0304. The number of nitrogens with zero attached hydrogens (tertiary/aromatic N) is 4. The summed E-state index contributed by atoms with van der Waals surface area (Å²) in [5.41, 5.74) is 1.14. The molecule has 1 saturated heterocycles. The molecule has 0 aromatic carbocycles. The average molecular weight is 334 g/mol. The maximum atomic E-state index is 12.7. The van der Waals surface area contributed by atoms with Gasteiger partial charge in [0.2, 0.25) is 0 Å². The van der Waals surface area contributed by atoms with Gasteiger partial charge in [0, 0.05) is 19.3 Å². The van der Waals surface area contributed by atoms with E-state index in [0.29, 0.717) is 23.5 Å². The summed E-state index contributed by atoms with van der Waals surface area (Å²) in [6.07, 6.45) is 3.65. The van der Waals surface area contributed by atoms with Crippen LogP contribution in [0.5, 0.6) is 0 Å². The topological polar surface area (TPSA) is 85.2 Å². The van der Waals surface area contributed by atoms with Crippen LogP contribution in [0.15, 0.2) is 30.6 Å². The summed E-state index contributed by atoms with van der Waals surface area (Å²) in [5.74, 6) is 0.589. The Morgan fingerprint density at radius 2 is 2.17 bits per heavy atom. The van der Waals surface area contributed by atoms with E-state index in [-0.39, 0.29) is 23.5 Å². The molecule has 1 aliphatic heterocycles. The lowest BCUT2D eigenvalue weighted by Gasteiger charge is -2.23. The maximum absolute atomic E-state index is 12.7. The predicted octanol–water partition coefficient (Wildman–Crippen LogP) is 0.835. The van der Waals surface area contributed by atoms with Crippen LogP contribution in [0, 0.1) is 6.92 Å². The SMILES string of the molecule is Cc1c(C(=O)N(C)[C@H]2CCS(=O)(=O)C2)cnn1-c1ccccn1. The molecule has 0 radical (unpaired) electrons. The molecule has 2 aromatic heterocycles. The smallest absolute Gasteiger partial charge is 0.257 e. The number of hydrogen-bond acceptors (Lipinski definition) is 5. The van der Waals surface area contributed by atoms with Gasteiger partial charge in [-0.2, -0.15) is 5.10 Å². The highest BCUT2D eigenvalue weighted by Crippen LogP contribution is 2.20. The predicted molar refractivity (Wildman–Crippen MR) is 85.2 cm³/mol. The number of sulfone groups is 1. The number of hydrogen-bond donors (Lipinski definition) is 0. The summed E-state index contributed by atoms with van der Waals surface area (Å²) in [5, 5.41) is 4.23. The van der Waals surface area contributed by atoms with E-state index >= 15 is 0 Å². The summed E-state index contributed by atoms with van der Waals surface area (Å²) < 4.78 is 24.8. The molecule has 0 unspecified atom stereocenters. The lowest BCUT2D eigenvalue weighted by Crippen LogP contribution is -2.38. The van der Waals surface area contributed by atoms with Crippen molar-refractivity contribution in [3.63, 3.8) is 0 Å². The molecule has 1 atom stereocenters. The van der Waals surface area contributed by atoms with Crippen LogP contribution < -0.4 is 0 Å². The highest BCUT2D eigenvalue weighted by Gasteiger charge is 2.33. The Bertz CT molecular complexity index is 830. The van der Waals surface area contributed by atoms with Gasteiger partial charge < -0.3 is 4.90 Å². The van der Waals surface area contributed by atoms with Gasteiger partial charge in [0.25, 0.3) is 5.91 Å². The third-order valence-electron chi connectivity index (χ3n) is 4.18. The Hall–Kier alpha value is -2.22. The van der Waals surface area contributed by atoms with Gasteiger partial charge in [-0.1, -0.05) is 6.07 Å². The fraction of sp³-hybridized carbons (Fsp3) is 0.400. The van der Waals surface area contributed by atoms with Crippen LogP contribution in [0.2, 0.25) is 0 Å². The van der Waals surface area contributed by atoms with Gasteiger partial charge in [-0.15, -0.1) is 0 Å². The largest absolute Gasteiger partial charge is 0.338 e. The number of carbonyl (C=O) groups is 1. The van der Waals surface area contributed by atoms with E-state index in [1.54, 1.807) is 24.9 Å². The first kappa shape index (κ1) is 15.7. The van der Waals surface area contributed by atoms with Crippen molar-refractivity contribution in [3.8, 4) is 5.82 Å². The Morgan fingerprint density at radius 1 is 1.39 bits per heavy atom. The van der Waals surface area contributed by atoms with Gasteiger partial charge in [-0.05, 0) is 25.5 Å². The van der Waals surface area contributed by atoms with Crippen LogP contribution in [0.1, 0.15) is 22.5 Å². The Morgan fingerprint density at radius 3 is 2.78 bits per heavy atom. The fourth-order valence-corrected chi connectivity index (χ4v) is 4.54. The van der Waals surface area contributed by atoms with Crippen molar-refractivity contribution in [2.45, 2.75) is 19.4 Å². The summed E-state index contributed by atoms with van der Waals surface area (Å²) in [6, 6.07) is 5.19. The number of rotatable bonds is 3. The summed E-state index contributed by atoms with van der Waals surface area (Å²) in [7, 11) is -1.38. The summed E-state index contributed by atoms with van der Waals surface area (Å²) in [6.45, 7) is 1.80. The van der Waals surface area contributed by atoms with Crippen molar-refractivity contribution in [1.82, 2.24) is 19.7 Å².